The summed E-state index contributed by atoms with van der Waals surface area (Å²) in [6.07, 6.45) is 0.528. The van der Waals surface area contributed by atoms with Crippen molar-refractivity contribution in [1.82, 2.24) is 8.61 Å². The summed E-state index contributed by atoms with van der Waals surface area (Å²) in [7, 11) is 5.78. The van der Waals surface area contributed by atoms with Crippen LogP contribution in [0.25, 0.3) is 0 Å². The van der Waals surface area contributed by atoms with Crippen LogP contribution < -0.4 is 14.2 Å². The van der Waals surface area contributed by atoms with Crippen LogP contribution in [-0.2, 0) is 16.6 Å². The number of methoxy groups -OCH3 is 3. The summed E-state index contributed by atoms with van der Waals surface area (Å²) >= 11 is 0. The second kappa shape index (κ2) is 7.66. The molecule has 0 bridgehead atoms. The Balaban J connectivity index is 2.95. The van der Waals surface area contributed by atoms with E-state index in [2.05, 4.69) is 0 Å². The van der Waals surface area contributed by atoms with Gasteiger partial charge in [-0.05, 0) is 24.1 Å². The third kappa shape index (κ3) is 4.02. The van der Waals surface area contributed by atoms with Crippen molar-refractivity contribution in [3.63, 3.8) is 0 Å². The Bertz CT molecular complexity index is 576. The van der Waals surface area contributed by atoms with Gasteiger partial charge >= 0.3 is 0 Å². The lowest BCUT2D eigenvalue weighted by Crippen LogP contribution is -2.38. The molecule has 0 atom stereocenters. The lowest BCUT2D eigenvalue weighted by molar-refractivity contribution is 0.323. The van der Waals surface area contributed by atoms with E-state index in [-0.39, 0.29) is 0 Å². The van der Waals surface area contributed by atoms with Crippen LogP contribution in [-0.4, -0.2) is 66.0 Å². The largest absolute Gasteiger partial charge is 0.493 e. The van der Waals surface area contributed by atoms with Crippen molar-refractivity contribution in [2.45, 2.75) is 6.42 Å². The molecule has 0 aliphatic heterocycles. The molecule has 0 heterocycles. The average Bonchev–Trinajstić information content (AvgIpc) is 2.50. The zero-order valence-electron chi connectivity index (χ0n) is 13.9. The summed E-state index contributed by atoms with van der Waals surface area (Å²) in [5.74, 6) is 1.62. The minimum absolute atomic E-state index is 0.346. The molecule has 1 aromatic carbocycles. The van der Waals surface area contributed by atoms with Gasteiger partial charge in [-0.3, -0.25) is 0 Å². The highest BCUT2D eigenvalue weighted by molar-refractivity contribution is 7.86. The molecule has 0 spiro atoms. The van der Waals surface area contributed by atoms with Crippen molar-refractivity contribution < 1.29 is 22.6 Å². The van der Waals surface area contributed by atoms with E-state index in [1.807, 2.05) is 12.1 Å². The first kappa shape index (κ1) is 18.5. The molecule has 0 amide bonds. The van der Waals surface area contributed by atoms with Crippen LogP contribution in [0.4, 0.5) is 0 Å². The smallest absolute Gasteiger partial charge is 0.281 e. The Morgan fingerprint density at radius 1 is 0.955 bits per heavy atom. The van der Waals surface area contributed by atoms with Crippen LogP contribution in [0.5, 0.6) is 17.2 Å². The molecule has 7 nitrogen and oxygen atoms in total. The van der Waals surface area contributed by atoms with Gasteiger partial charge in [0.15, 0.2) is 11.5 Å². The zero-order valence-corrected chi connectivity index (χ0v) is 14.7. The van der Waals surface area contributed by atoms with E-state index in [1.165, 1.54) is 29.8 Å². The molecule has 22 heavy (non-hydrogen) atoms. The molecule has 126 valence electrons. The molecule has 0 aromatic heterocycles. The van der Waals surface area contributed by atoms with Crippen molar-refractivity contribution in [2.24, 2.45) is 0 Å². The maximum atomic E-state index is 12.0. The third-order valence-electron chi connectivity index (χ3n) is 3.30. The number of likely N-dealkylation sites (N-methyl/N-ethyl adjacent to an activating group) is 1. The predicted molar refractivity (Wildman–Crippen MR) is 85.0 cm³/mol. The maximum Gasteiger partial charge on any atom is 0.281 e. The summed E-state index contributed by atoms with van der Waals surface area (Å²) in [6.45, 7) is 0.346. The summed E-state index contributed by atoms with van der Waals surface area (Å²) in [6, 6.07) is 3.63. The van der Waals surface area contributed by atoms with Crippen molar-refractivity contribution in [3.8, 4) is 17.2 Å². The van der Waals surface area contributed by atoms with Gasteiger partial charge in [-0.2, -0.15) is 17.0 Å². The van der Waals surface area contributed by atoms with E-state index in [9.17, 15) is 8.42 Å². The van der Waals surface area contributed by atoms with Gasteiger partial charge in [0.2, 0.25) is 5.75 Å². The number of rotatable bonds is 8. The SMILES string of the molecule is COc1cc(CCN(C)S(=O)(=O)N(C)C)cc(OC)c1OC. The lowest BCUT2D eigenvalue weighted by atomic mass is 10.1. The van der Waals surface area contributed by atoms with E-state index in [1.54, 1.807) is 21.3 Å². The third-order valence-corrected chi connectivity index (χ3v) is 5.19. The van der Waals surface area contributed by atoms with Gasteiger partial charge in [-0.1, -0.05) is 0 Å². The van der Waals surface area contributed by atoms with Crippen LogP contribution in [0, 0.1) is 0 Å². The fraction of sp³-hybridized carbons (Fsp3) is 0.571. The van der Waals surface area contributed by atoms with Gasteiger partial charge in [-0.15, -0.1) is 0 Å². The van der Waals surface area contributed by atoms with Crippen LogP contribution in [0.3, 0.4) is 0 Å². The number of hydrogen-bond donors (Lipinski definition) is 0. The molecule has 0 aliphatic carbocycles. The second-order valence-electron chi connectivity index (χ2n) is 4.90. The molecule has 0 radical (unpaired) electrons. The van der Waals surface area contributed by atoms with Crippen LogP contribution >= 0.6 is 0 Å². The minimum atomic E-state index is -3.41. The molecule has 8 heteroatoms. The number of hydrogen-bond acceptors (Lipinski definition) is 5. The normalized spacial score (nSPS) is 11.8. The predicted octanol–water partition coefficient (Wildman–Crippen LogP) is 0.993. The monoisotopic (exact) mass is 332 g/mol. The molecule has 0 N–H and O–H groups in total. The van der Waals surface area contributed by atoms with Gasteiger partial charge in [0.05, 0.1) is 21.3 Å². The topological polar surface area (TPSA) is 68.3 Å². The maximum absolute atomic E-state index is 12.0. The minimum Gasteiger partial charge on any atom is -0.493 e. The van der Waals surface area contributed by atoms with Crippen molar-refractivity contribution in [3.05, 3.63) is 17.7 Å². The first-order chi connectivity index (χ1) is 10.3. The standard InChI is InChI=1S/C14H24N2O5S/c1-15(2)22(17,18)16(3)8-7-11-9-12(19-4)14(21-6)13(10-11)20-5/h9-10H,7-8H2,1-6H3. The molecular weight excluding hydrogens is 308 g/mol. The lowest BCUT2D eigenvalue weighted by Gasteiger charge is -2.21. The van der Waals surface area contributed by atoms with E-state index in [0.717, 1.165) is 5.56 Å². The Kier molecular flexibility index (Phi) is 6.46. The fourth-order valence-electron chi connectivity index (χ4n) is 1.96. The molecule has 1 aromatic rings. The van der Waals surface area contributed by atoms with Gasteiger partial charge in [0.25, 0.3) is 10.2 Å². The van der Waals surface area contributed by atoms with Crippen LogP contribution in [0.15, 0.2) is 12.1 Å². The Hall–Kier alpha value is -1.51. The molecule has 0 aliphatic rings. The van der Waals surface area contributed by atoms with E-state index in [0.29, 0.717) is 30.2 Å². The molecular formula is C14H24N2O5S. The molecule has 0 unspecified atom stereocenters. The Labute approximate surface area is 132 Å². The van der Waals surface area contributed by atoms with Crippen LogP contribution in [0.2, 0.25) is 0 Å². The first-order valence-electron chi connectivity index (χ1n) is 6.70. The molecule has 1 rings (SSSR count). The van der Waals surface area contributed by atoms with E-state index >= 15 is 0 Å². The van der Waals surface area contributed by atoms with Gasteiger partial charge < -0.3 is 14.2 Å². The van der Waals surface area contributed by atoms with E-state index < -0.39 is 10.2 Å². The summed E-state index contributed by atoms with van der Waals surface area (Å²) in [5.41, 5.74) is 0.898. The fourth-order valence-corrected chi connectivity index (χ4v) is 2.84. The number of benzene rings is 1. The van der Waals surface area contributed by atoms with Gasteiger partial charge in [0, 0.05) is 27.7 Å². The van der Waals surface area contributed by atoms with Gasteiger partial charge in [-0.25, -0.2) is 0 Å². The van der Waals surface area contributed by atoms with Crippen molar-refractivity contribution in [2.75, 3.05) is 49.0 Å². The quantitative estimate of drug-likeness (QED) is 0.710. The average molecular weight is 332 g/mol. The molecule has 0 saturated heterocycles. The highest BCUT2D eigenvalue weighted by Gasteiger charge is 2.20. The highest BCUT2D eigenvalue weighted by Crippen LogP contribution is 2.38. The first-order valence-corrected chi connectivity index (χ1v) is 8.10. The highest BCUT2D eigenvalue weighted by atomic mass is 32.2. The van der Waals surface area contributed by atoms with Gasteiger partial charge in [0.1, 0.15) is 0 Å². The zero-order chi connectivity index (χ0) is 16.9. The van der Waals surface area contributed by atoms with Crippen molar-refractivity contribution >= 4 is 10.2 Å². The summed E-state index contributed by atoms with van der Waals surface area (Å²) in [4.78, 5) is 0. The number of nitrogens with zero attached hydrogens (tertiary/aromatic N) is 2. The molecule has 0 fully saturated rings. The number of ether oxygens (including phenoxy) is 3. The summed E-state index contributed by atoms with van der Waals surface area (Å²) < 4.78 is 42.3. The molecule has 0 saturated carbocycles. The Morgan fingerprint density at radius 2 is 1.45 bits per heavy atom. The van der Waals surface area contributed by atoms with Crippen LogP contribution in [0.1, 0.15) is 5.56 Å². The van der Waals surface area contributed by atoms with Crippen molar-refractivity contribution in [1.29, 1.82) is 0 Å². The Morgan fingerprint density at radius 3 is 1.82 bits per heavy atom. The second-order valence-corrected chi connectivity index (χ2v) is 7.14. The van der Waals surface area contributed by atoms with E-state index in [4.69, 9.17) is 14.2 Å². The summed E-state index contributed by atoms with van der Waals surface area (Å²) in [5, 5.41) is 0.